The molecule has 0 fully saturated rings. The van der Waals surface area contributed by atoms with Crippen LogP contribution in [0.2, 0.25) is 0 Å². The van der Waals surface area contributed by atoms with E-state index in [4.69, 9.17) is 14.0 Å². The summed E-state index contributed by atoms with van der Waals surface area (Å²) in [6, 6.07) is 17.9. The Balaban J connectivity index is 2.15. The number of nitrogens with two attached hydrogens (primary N) is 1. The fraction of sp³-hybridized carbons (Fsp3) is 0.250. The van der Waals surface area contributed by atoms with Gasteiger partial charge in [-0.15, -0.1) is 0 Å². The standard InChI is InChI=1S/C24H27N/c1-16-13-17(2)15-19(14-16)22-8-6-7-21(23(22)25)18-9-11-20(12-10-18)24(3,4)5/h6-15H,25H2,1-5H3/i1D3,2D3. The van der Waals surface area contributed by atoms with Crippen LogP contribution < -0.4 is 5.73 Å². The van der Waals surface area contributed by atoms with Crippen LogP contribution in [0.5, 0.6) is 0 Å². The Morgan fingerprint density at radius 1 is 0.760 bits per heavy atom. The summed E-state index contributed by atoms with van der Waals surface area (Å²) in [5.41, 5.74) is 11.0. The zero-order valence-corrected chi connectivity index (χ0v) is 14.9. The molecule has 0 aliphatic heterocycles. The van der Waals surface area contributed by atoms with Crippen LogP contribution in [0.25, 0.3) is 22.3 Å². The first-order chi connectivity index (χ1) is 14.2. The van der Waals surface area contributed by atoms with E-state index in [-0.39, 0.29) is 16.5 Å². The number of para-hydroxylation sites is 1. The first kappa shape index (κ1) is 11.1. The van der Waals surface area contributed by atoms with Crippen molar-refractivity contribution in [2.45, 2.75) is 39.9 Å². The minimum atomic E-state index is -2.43. The summed E-state index contributed by atoms with van der Waals surface area (Å²) >= 11 is 0. The van der Waals surface area contributed by atoms with E-state index in [0.29, 0.717) is 16.8 Å². The normalized spacial score (nSPS) is 16.1. The second kappa shape index (κ2) is 6.40. The molecule has 0 spiro atoms. The van der Waals surface area contributed by atoms with Crippen molar-refractivity contribution in [3.63, 3.8) is 0 Å². The molecule has 0 saturated carbocycles. The van der Waals surface area contributed by atoms with Gasteiger partial charge in [-0.3, -0.25) is 0 Å². The number of nitrogen functional groups attached to an aromatic ring is 1. The lowest BCUT2D eigenvalue weighted by Gasteiger charge is -2.19. The predicted molar refractivity (Wildman–Crippen MR) is 110 cm³/mol. The minimum absolute atomic E-state index is 0.0181. The van der Waals surface area contributed by atoms with Gasteiger partial charge in [-0.05, 0) is 35.8 Å². The number of benzene rings is 3. The fourth-order valence-corrected chi connectivity index (χ4v) is 3.00. The summed E-state index contributed by atoms with van der Waals surface area (Å²) in [6.07, 6.45) is 0. The molecule has 0 unspecified atom stereocenters. The van der Waals surface area contributed by atoms with Crippen LogP contribution in [0.4, 0.5) is 5.69 Å². The third-order valence-electron chi connectivity index (χ3n) is 4.41. The van der Waals surface area contributed by atoms with E-state index in [1.165, 1.54) is 23.8 Å². The van der Waals surface area contributed by atoms with Crippen LogP contribution in [0.3, 0.4) is 0 Å². The van der Waals surface area contributed by atoms with E-state index in [0.717, 1.165) is 11.1 Å². The molecule has 0 heterocycles. The average molecular weight is 336 g/mol. The number of hydrogen-bond acceptors (Lipinski definition) is 1. The zero-order chi connectivity index (χ0) is 23.2. The summed E-state index contributed by atoms with van der Waals surface area (Å²) in [5, 5.41) is 0. The summed E-state index contributed by atoms with van der Waals surface area (Å²) in [7, 11) is 0. The molecule has 0 aromatic heterocycles. The Morgan fingerprint density at radius 2 is 1.32 bits per heavy atom. The van der Waals surface area contributed by atoms with Crippen molar-refractivity contribution < 1.29 is 8.22 Å². The van der Waals surface area contributed by atoms with Gasteiger partial charge in [0.1, 0.15) is 0 Å². The Morgan fingerprint density at radius 3 is 1.84 bits per heavy atom. The second-order valence-electron chi connectivity index (χ2n) is 7.39. The molecule has 3 rings (SSSR count). The maximum absolute atomic E-state index is 7.75. The van der Waals surface area contributed by atoms with E-state index in [1.807, 2.05) is 24.3 Å². The van der Waals surface area contributed by atoms with Crippen LogP contribution in [0.1, 0.15) is 45.7 Å². The van der Waals surface area contributed by atoms with Crippen molar-refractivity contribution in [1.29, 1.82) is 0 Å². The molecule has 3 aromatic carbocycles. The Bertz CT molecular complexity index is 1050. The van der Waals surface area contributed by atoms with E-state index in [1.54, 1.807) is 6.07 Å². The summed E-state index contributed by atoms with van der Waals surface area (Å²) in [5.74, 6) is 0. The number of hydrogen-bond donors (Lipinski definition) is 1. The van der Waals surface area contributed by atoms with Crippen LogP contribution in [0, 0.1) is 13.7 Å². The van der Waals surface area contributed by atoms with Gasteiger partial charge < -0.3 is 5.73 Å². The van der Waals surface area contributed by atoms with Gasteiger partial charge in [-0.1, -0.05) is 92.6 Å². The van der Waals surface area contributed by atoms with E-state index in [9.17, 15) is 0 Å². The molecule has 3 aromatic rings. The quantitative estimate of drug-likeness (QED) is 0.530. The molecule has 0 bridgehead atoms. The van der Waals surface area contributed by atoms with Crippen molar-refractivity contribution in [3.05, 3.63) is 77.4 Å². The van der Waals surface area contributed by atoms with E-state index < -0.39 is 13.7 Å². The van der Waals surface area contributed by atoms with Gasteiger partial charge >= 0.3 is 0 Å². The van der Waals surface area contributed by atoms with Crippen LogP contribution in [-0.4, -0.2) is 0 Å². The molecule has 0 aliphatic rings. The van der Waals surface area contributed by atoms with Gasteiger partial charge in [0.25, 0.3) is 0 Å². The summed E-state index contributed by atoms with van der Waals surface area (Å²) in [4.78, 5) is 0. The van der Waals surface area contributed by atoms with Gasteiger partial charge in [0.05, 0.1) is 0 Å². The molecule has 0 saturated heterocycles. The Hall–Kier alpha value is -2.54. The lowest BCUT2D eigenvalue weighted by Crippen LogP contribution is -2.10. The van der Waals surface area contributed by atoms with Crippen molar-refractivity contribution >= 4 is 5.69 Å². The summed E-state index contributed by atoms with van der Waals surface area (Å²) in [6.45, 7) is 1.60. The molecule has 0 atom stereocenters. The third kappa shape index (κ3) is 3.61. The number of rotatable bonds is 2. The molecular weight excluding hydrogens is 302 g/mol. The third-order valence-corrected chi connectivity index (χ3v) is 4.41. The zero-order valence-electron chi connectivity index (χ0n) is 20.9. The highest BCUT2D eigenvalue weighted by Crippen LogP contribution is 2.36. The van der Waals surface area contributed by atoms with Crippen molar-refractivity contribution in [2.24, 2.45) is 0 Å². The number of anilines is 1. The molecule has 1 heteroatoms. The van der Waals surface area contributed by atoms with Gasteiger partial charge in [-0.2, -0.15) is 0 Å². The molecule has 1 nitrogen and oxygen atoms in total. The molecule has 0 aliphatic carbocycles. The molecule has 128 valence electrons. The highest BCUT2D eigenvalue weighted by atomic mass is 14.6. The maximum atomic E-state index is 7.75. The van der Waals surface area contributed by atoms with Gasteiger partial charge in [0.2, 0.25) is 0 Å². The lowest BCUT2D eigenvalue weighted by atomic mass is 9.86. The molecule has 0 amide bonds. The lowest BCUT2D eigenvalue weighted by molar-refractivity contribution is 0.590. The fourth-order valence-electron chi connectivity index (χ4n) is 3.00. The summed E-state index contributed by atoms with van der Waals surface area (Å²) < 4.78 is 46.5. The SMILES string of the molecule is [2H]C([2H])([2H])c1cc(-c2cccc(-c3ccc(C(C)(C)C)cc3)c2N)cc(C([2H])([2H])[2H])c1. The van der Waals surface area contributed by atoms with Crippen LogP contribution in [-0.2, 0) is 5.41 Å². The predicted octanol–water partition coefficient (Wildman–Crippen LogP) is 6.52. The highest BCUT2D eigenvalue weighted by molar-refractivity contribution is 5.89. The monoisotopic (exact) mass is 335 g/mol. The van der Waals surface area contributed by atoms with Gasteiger partial charge in [0, 0.05) is 25.0 Å². The number of aryl methyl sites for hydroxylation is 2. The molecular formula is C24H27N. The second-order valence-corrected chi connectivity index (χ2v) is 7.39. The minimum Gasteiger partial charge on any atom is -0.398 e. The highest BCUT2D eigenvalue weighted by Gasteiger charge is 2.14. The van der Waals surface area contributed by atoms with E-state index in [2.05, 4.69) is 32.9 Å². The van der Waals surface area contributed by atoms with E-state index >= 15 is 0 Å². The van der Waals surface area contributed by atoms with Gasteiger partial charge in [-0.25, -0.2) is 0 Å². The van der Waals surface area contributed by atoms with Gasteiger partial charge in [0.15, 0.2) is 0 Å². The molecule has 0 radical (unpaired) electrons. The Kier molecular flexibility index (Phi) is 2.85. The largest absolute Gasteiger partial charge is 0.398 e. The van der Waals surface area contributed by atoms with Crippen molar-refractivity contribution in [1.82, 2.24) is 0 Å². The first-order valence-electron chi connectivity index (χ1n) is 11.3. The smallest absolute Gasteiger partial charge is 0.0473 e. The van der Waals surface area contributed by atoms with Crippen molar-refractivity contribution in [3.8, 4) is 22.3 Å². The maximum Gasteiger partial charge on any atom is 0.0473 e. The average Bonchev–Trinajstić information content (AvgIpc) is 2.66. The van der Waals surface area contributed by atoms with Crippen LogP contribution in [0.15, 0.2) is 60.7 Å². The van der Waals surface area contributed by atoms with Crippen LogP contribution >= 0.6 is 0 Å². The molecule has 25 heavy (non-hydrogen) atoms. The molecule has 2 N–H and O–H groups in total. The topological polar surface area (TPSA) is 26.0 Å². The first-order valence-corrected chi connectivity index (χ1v) is 8.34. The van der Waals surface area contributed by atoms with Crippen molar-refractivity contribution in [2.75, 3.05) is 5.73 Å². The Labute approximate surface area is 160 Å².